The summed E-state index contributed by atoms with van der Waals surface area (Å²) in [6, 6.07) is 2.46. The molecular weight excluding hydrogens is 172 g/mol. The predicted octanol–water partition coefficient (Wildman–Crippen LogP) is 2.66. The summed E-state index contributed by atoms with van der Waals surface area (Å²) in [6.45, 7) is 11.2. The zero-order valence-corrected chi connectivity index (χ0v) is 9.88. The van der Waals surface area contributed by atoms with E-state index in [1.807, 2.05) is 0 Å². The summed E-state index contributed by atoms with van der Waals surface area (Å²) < 4.78 is 0. The fourth-order valence-corrected chi connectivity index (χ4v) is 2.34. The minimum Gasteiger partial charge on any atom is -0.297 e. The van der Waals surface area contributed by atoms with Crippen LogP contribution in [0.15, 0.2) is 0 Å². The van der Waals surface area contributed by atoms with Gasteiger partial charge in [0.15, 0.2) is 0 Å². The Morgan fingerprint density at radius 2 is 2.14 bits per heavy atom. The molecule has 0 bridgehead atoms. The summed E-state index contributed by atoms with van der Waals surface area (Å²) in [7, 11) is 0. The van der Waals surface area contributed by atoms with Gasteiger partial charge < -0.3 is 0 Å². The van der Waals surface area contributed by atoms with E-state index in [-0.39, 0.29) is 11.5 Å². The molecule has 1 saturated heterocycles. The largest absolute Gasteiger partial charge is 0.297 e. The van der Waals surface area contributed by atoms with Crippen LogP contribution in [0.2, 0.25) is 0 Å². The molecular formula is C12H22N2. The summed E-state index contributed by atoms with van der Waals surface area (Å²) in [5.41, 5.74) is 0.0667. The van der Waals surface area contributed by atoms with Crippen LogP contribution in [0.4, 0.5) is 0 Å². The SMILES string of the molecule is CC(C)CN1CCCC(C#N)C1(C)C. The molecule has 0 spiro atoms. The first kappa shape index (κ1) is 11.5. The minimum atomic E-state index is 0.0667. The highest BCUT2D eigenvalue weighted by Crippen LogP contribution is 2.33. The molecule has 0 aromatic rings. The fourth-order valence-electron chi connectivity index (χ4n) is 2.34. The van der Waals surface area contributed by atoms with E-state index in [0.29, 0.717) is 5.92 Å². The molecule has 1 atom stereocenters. The van der Waals surface area contributed by atoms with Crippen molar-refractivity contribution in [2.24, 2.45) is 11.8 Å². The average molecular weight is 194 g/mol. The summed E-state index contributed by atoms with van der Waals surface area (Å²) in [5.74, 6) is 0.890. The van der Waals surface area contributed by atoms with Gasteiger partial charge in [-0.25, -0.2) is 0 Å². The van der Waals surface area contributed by atoms with Crippen molar-refractivity contribution >= 4 is 0 Å². The lowest BCUT2D eigenvalue weighted by Crippen LogP contribution is -2.53. The van der Waals surface area contributed by atoms with Gasteiger partial charge in [-0.2, -0.15) is 5.26 Å². The molecule has 1 aliphatic rings. The Balaban J connectivity index is 2.71. The average Bonchev–Trinajstić information content (AvgIpc) is 2.07. The van der Waals surface area contributed by atoms with Gasteiger partial charge >= 0.3 is 0 Å². The van der Waals surface area contributed by atoms with Gasteiger partial charge in [-0.1, -0.05) is 13.8 Å². The van der Waals surface area contributed by atoms with E-state index >= 15 is 0 Å². The van der Waals surface area contributed by atoms with Crippen LogP contribution in [-0.2, 0) is 0 Å². The van der Waals surface area contributed by atoms with Crippen molar-refractivity contribution in [3.8, 4) is 6.07 Å². The van der Waals surface area contributed by atoms with Crippen LogP contribution in [0.25, 0.3) is 0 Å². The lowest BCUT2D eigenvalue weighted by Gasteiger charge is -2.46. The third-order valence-corrected chi connectivity index (χ3v) is 3.33. The molecule has 1 fully saturated rings. The van der Waals surface area contributed by atoms with Crippen LogP contribution in [0.3, 0.4) is 0 Å². The lowest BCUT2D eigenvalue weighted by atomic mass is 9.79. The normalized spacial score (nSPS) is 27.6. The number of hydrogen-bond acceptors (Lipinski definition) is 2. The summed E-state index contributed by atoms with van der Waals surface area (Å²) in [6.07, 6.45) is 2.24. The Morgan fingerprint density at radius 1 is 1.50 bits per heavy atom. The van der Waals surface area contributed by atoms with Crippen molar-refractivity contribution in [1.82, 2.24) is 4.90 Å². The molecule has 0 saturated carbocycles. The van der Waals surface area contributed by atoms with Crippen molar-refractivity contribution in [3.63, 3.8) is 0 Å². The standard InChI is InChI=1S/C12H22N2/c1-10(2)9-14-7-5-6-11(8-13)12(14,3)4/h10-11H,5-7,9H2,1-4H3. The van der Waals surface area contributed by atoms with Crippen molar-refractivity contribution in [1.29, 1.82) is 5.26 Å². The van der Waals surface area contributed by atoms with E-state index in [1.165, 1.54) is 6.42 Å². The summed E-state index contributed by atoms with van der Waals surface area (Å²) in [5, 5.41) is 9.10. The summed E-state index contributed by atoms with van der Waals surface area (Å²) >= 11 is 0. The van der Waals surface area contributed by atoms with Gasteiger partial charge in [-0.05, 0) is 39.2 Å². The number of nitriles is 1. The van der Waals surface area contributed by atoms with E-state index in [9.17, 15) is 0 Å². The maximum absolute atomic E-state index is 9.10. The highest BCUT2D eigenvalue weighted by molar-refractivity contribution is 5.02. The van der Waals surface area contributed by atoms with Crippen molar-refractivity contribution in [3.05, 3.63) is 0 Å². The van der Waals surface area contributed by atoms with Crippen LogP contribution in [0.1, 0.15) is 40.5 Å². The van der Waals surface area contributed by atoms with E-state index < -0.39 is 0 Å². The molecule has 80 valence electrons. The molecule has 0 aromatic carbocycles. The molecule has 0 aliphatic carbocycles. The molecule has 1 heterocycles. The van der Waals surface area contributed by atoms with Crippen molar-refractivity contribution < 1.29 is 0 Å². The molecule has 0 radical (unpaired) electrons. The second-order valence-corrected chi connectivity index (χ2v) is 5.32. The molecule has 0 amide bonds. The molecule has 1 aliphatic heterocycles. The molecule has 1 rings (SSSR count). The maximum Gasteiger partial charge on any atom is 0.0675 e. The Labute approximate surface area is 87.9 Å². The molecule has 2 heteroatoms. The number of rotatable bonds is 2. The van der Waals surface area contributed by atoms with Crippen LogP contribution in [-0.4, -0.2) is 23.5 Å². The second-order valence-electron chi connectivity index (χ2n) is 5.32. The highest BCUT2D eigenvalue weighted by atomic mass is 15.2. The first-order chi connectivity index (χ1) is 6.48. The highest BCUT2D eigenvalue weighted by Gasteiger charge is 2.38. The topological polar surface area (TPSA) is 27.0 Å². The van der Waals surface area contributed by atoms with E-state index in [2.05, 4.69) is 38.7 Å². The van der Waals surface area contributed by atoms with Crippen LogP contribution >= 0.6 is 0 Å². The minimum absolute atomic E-state index is 0.0667. The predicted molar refractivity (Wildman–Crippen MR) is 58.8 cm³/mol. The first-order valence-corrected chi connectivity index (χ1v) is 5.63. The number of nitrogens with zero attached hydrogens (tertiary/aromatic N) is 2. The zero-order chi connectivity index (χ0) is 10.8. The van der Waals surface area contributed by atoms with Crippen LogP contribution in [0, 0.1) is 23.2 Å². The van der Waals surface area contributed by atoms with E-state index in [0.717, 1.165) is 19.5 Å². The van der Waals surface area contributed by atoms with Gasteiger partial charge in [0.25, 0.3) is 0 Å². The molecule has 14 heavy (non-hydrogen) atoms. The molecule has 2 nitrogen and oxygen atoms in total. The lowest BCUT2D eigenvalue weighted by molar-refractivity contribution is 0.0354. The van der Waals surface area contributed by atoms with E-state index in [4.69, 9.17) is 5.26 Å². The first-order valence-electron chi connectivity index (χ1n) is 5.63. The fraction of sp³-hybridized carbons (Fsp3) is 0.917. The zero-order valence-electron chi connectivity index (χ0n) is 9.88. The van der Waals surface area contributed by atoms with Gasteiger partial charge in [-0.15, -0.1) is 0 Å². The van der Waals surface area contributed by atoms with Gasteiger partial charge in [0, 0.05) is 12.1 Å². The van der Waals surface area contributed by atoms with Crippen LogP contribution in [0.5, 0.6) is 0 Å². The smallest absolute Gasteiger partial charge is 0.0675 e. The number of hydrogen-bond donors (Lipinski definition) is 0. The third kappa shape index (κ3) is 2.27. The Kier molecular flexibility index (Phi) is 3.55. The van der Waals surface area contributed by atoms with Crippen LogP contribution < -0.4 is 0 Å². The number of likely N-dealkylation sites (tertiary alicyclic amines) is 1. The monoisotopic (exact) mass is 194 g/mol. The third-order valence-electron chi connectivity index (χ3n) is 3.33. The van der Waals surface area contributed by atoms with Crippen molar-refractivity contribution in [2.75, 3.05) is 13.1 Å². The maximum atomic E-state index is 9.10. The summed E-state index contributed by atoms with van der Waals surface area (Å²) in [4.78, 5) is 2.48. The van der Waals surface area contributed by atoms with Gasteiger partial charge in [0.2, 0.25) is 0 Å². The van der Waals surface area contributed by atoms with Gasteiger partial charge in [0.05, 0.1) is 12.0 Å². The Bertz CT molecular complexity index is 225. The Morgan fingerprint density at radius 3 is 2.64 bits per heavy atom. The molecule has 0 aromatic heterocycles. The van der Waals surface area contributed by atoms with Gasteiger partial charge in [-0.3, -0.25) is 4.90 Å². The molecule has 0 N–H and O–H groups in total. The quantitative estimate of drug-likeness (QED) is 0.675. The number of piperidine rings is 1. The Hall–Kier alpha value is -0.550. The van der Waals surface area contributed by atoms with Crippen molar-refractivity contribution in [2.45, 2.75) is 46.1 Å². The van der Waals surface area contributed by atoms with Gasteiger partial charge in [0.1, 0.15) is 0 Å². The second kappa shape index (κ2) is 4.31. The molecule has 1 unspecified atom stereocenters. The van der Waals surface area contributed by atoms with E-state index in [1.54, 1.807) is 0 Å².